The van der Waals surface area contributed by atoms with E-state index in [1.54, 1.807) is 18.5 Å². The van der Waals surface area contributed by atoms with Crippen LogP contribution >= 0.6 is 11.6 Å². The van der Waals surface area contributed by atoms with Crippen molar-refractivity contribution in [2.45, 2.75) is 38.6 Å². The molecule has 0 atom stereocenters. The van der Waals surface area contributed by atoms with Crippen molar-refractivity contribution in [2.24, 2.45) is 5.73 Å². The second-order valence-electron chi connectivity index (χ2n) is 4.67. The number of nitrogens with two attached hydrogens (primary N) is 1. The van der Waals surface area contributed by atoms with Gasteiger partial charge in [-0.2, -0.15) is 0 Å². The third-order valence-electron chi connectivity index (χ3n) is 2.29. The number of aromatic nitrogens is 1. The zero-order chi connectivity index (χ0) is 12.2. The van der Waals surface area contributed by atoms with Gasteiger partial charge in [0.1, 0.15) is 5.78 Å². The predicted octanol–water partition coefficient (Wildman–Crippen LogP) is 2.36. The van der Waals surface area contributed by atoms with E-state index in [4.69, 9.17) is 17.3 Å². The lowest BCUT2D eigenvalue weighted by atomic mass is 9.96. The molecule has 0 saturated heterocycles. The number of nitrogens with zero attached hydrogens (tertiary/aromatic N) is 1. The summed E-state index contributed by atoms with van der Waals surface area (Å²) in [5.41, 5.74) is 6.35. The molecule has 1 aromatic rings. The van der Waals surface area contributed by atoms with Crippen LogP contribution in [0.1, 0.15) is 32.3 Å². The zero-order valence-corrected chi connectivity index (χ0v) is 10.4. The Morgan fingerprint density at radius 2 is 2.25 bits per heavy atom. The largest absolute Gasteiger partial charge is 0.326 e. The van der Waals surface area contributed by atoms with Crippen LogP contribution in [0.25, 0.3) is 0 Å². The van der Waals surface area contributed by atoms with Crippen LogP contribution in [0.4, 0.5) is 0 Å². The number of carbonyl (C=O) groups is 1. The maximum absolute atomic E-state index is 11.7. The molecule has 0 saturated carbocycles. The highest BCUT2D eigenvalue weighted by Gasteiger charge is 2.14. The van der Waals surface area contributed by atoms with E-state index >= 15 is 0 Å². The number of rotatable bonds is 5. The fourth-order valence-corrected chi connectivity index (χ4v) is 1.50. The van der Waals surface area contributed by atoms with E-state index in [1.165, 1.54) is 0 Å². The first-order valence-electron chi connectivity index (χ1n) is 5.27. The highest BCUT2D eigenvalue weighted by atomic mass is 35.5. The molecule has 0 bridgehead atoms. The Balaban J connectivity index is 2.50. The number of pyridine rings is 1. The number of ketones is 1. The van der Waals surface area contributed by atoms with E-state index in [0.29, 0.717) is 24.3 Å². The van der Waals surface area contributed by atoms with Gasteiger partial charge in [0.2, 0.25) is 0 Å². The number of hydrogen-bond acceptors (Lipinski definition) is 3. The van der Waals surface area contributed by atoms with Gasteiger partial charge in [-0.05, 0) is 31.9 Å². The van der Waals surface area contributed by atoms with E-state index in [1.807, 2.05) is 13.8 Å². The van der Waals surface area contributed by atoms with Crippen molar-refractivity contribution in [3.63, 3.8) is 0 Å². The van der Waals surface area contributed by atoms with Crippen molar-refractivity contribution in [1.29, 1.82) is 0 Å². The van der Waals surface area contributed by atoms with Crippen LogP contribution in [-0.2, 0) is 11.2 Å². The van der Waals surface area contributed by atoms with Crippen LogP contribution in [0, 0.1) is 0 Å². The van der Waals surface area contributed by atoms with Gasteiger partial charge in [-0.1, -0.05) is 11.6 Å². The SMILES string of the molecule is CC(C)(N)CCC(=O)Cc1ccncc1Cl. The molecular weight excluding hydrogens is 224 g/mol. The van der Waals surface area contributed by atoms with Crippen LogP contribution in [0.3, 0.4) is 0 Å². The fraction of sp³-hybridized carbons (Fsp3) is 0.500. The first kappa shape index (κ1) is 13.1. The van der Waals surface area contributed by atoms with Crippen molar-refractivity contribution >= 4 is 17.4 Å². The number of halogens is 1. The van der Waals surface area contributed by atoms with Crippen LogP contribution in [0.5, 0.6) is 0 Å². The molecule has 3 nitrogen and oxygen atoms in total. The molecule has 0 aromatic carbocycles. The molecule has 0 aliphatic heterocycles. The van der Waals surface area contributed by atoms with Gasteiger partial charge in [0.15, 0.2) is 0 Å². The third kappa shape index (κ3) is 4.73. The molecule has 0 spiro atoms. The summed E-state index contributed by atoms with van der Waals surface area (Å²) in [5, 5.41) is 0.544. The summed E-state index contributed by atoms with van der Waals surface area (Å²) in [6, 6.07) is 1.77. The van der Waals surface area contributed by atoms with Crippen molar-refractivity contribution < 1.29 is 4.79 Å². The van der Waals surface area contributed by atoms with E-state index in [0.717, 1.165) is 5.56 Å². The topological polar surface area (TPSA) is 56.0 Å². The molecule has 0 radical (unpaired) electrons. The Kier molecular flexibility index (Phi) is 4.44. The average Bonchev–Trinajstić information content (AvgIpc) is 2.18. The molecule has 0 fully saturated rings. The van der Waals surface area contributed by atoms with E-state index in [-0.39, 0.29) is 11.3 Å². The van der Waals surface area contributed by atoms with E-state index in [9.17, 15) is 4.79 Å². The van der Waals surface area contributed by atoms with Crippen molar-refractivity contribution in [3.05, 3.63) is 29.0 Å². The molecule has 1 heterocycles. The molecule has 0 aliphatic carbocycles. The lowest BCUT2D eigenvalue weighted by Crippen LogP contribution is -2.32. The van der Waals surface area contributed by atoms with Crippen LogP contribution in [0.2, 0.25) is 5.02 Å². The van der Waals surface area contributed by atoms with Gasteiger partial charge in [-0.3, -0.25) is 9.78 Å². The lowest BCUT2D eigenvalue weighted by molar-refractivity contribution is -0.118. The minimum Gasteiger partial charge on any atom is -0.326 e. The van der Waals surface area contributed by atoms with Gasteiger partial charge in [0.25, 0.3) is 0 Å². The van der Waals surface area contributed by atoms with Crippen LogP contribution in [0.15, 0.2) is 18.5 Å². The Morgan fingerprint density at radius 3 is 2.81 bits per heavy atom. The molecule has 0 unspecified atom stereocenters. The van der Waals surface area contributed by atoms with Gasteiger partial charge in [0, 0.05) is 30.8 Å². The minimum atomic E-state index is -0.294. The lowest BCUT2D eigenvalue weighted by Gasteiger charge is -2.17. The van der Waals surface area contributed by atoms with Crippen LogP contribution in [-0.4, -0.2) is 16.3 Å². The third-order valence-corrected chi connectivity index (χ3v) is 2.63. The summed E-state index contributed by atoms with van der Waals surface area (Å²) in [7, 11) is 0. The number of hydrogen-bond donors (Lipinski definition) is 1. The molecule has 88 valence electrons. The summed E-state index contributed by atoms with van der Waals surface area (Å²) in [6.45, 7) is 3.83. The average molecular weight is 241 g/mol. The molecule has 16 heavy (non-hydrogen) atoms. The molecule has 0 aliphatic rings. The molecule has 1 rings (SSSR count). The first-order valence-corrected chi connectivity index (χ1v) is 5.65. The summed E-state index contributed by atoms with van der Waals surface area (Å²) in [4.78, 5) is 15.6. The monoisotopic (exact) mass is 240 g/mol. The smallest absolute Gasteiger partial charge is 0.137 e. The summed E-state index contributed by atoms with van der Waals surface area (Å²) in [6.07, 6.45) is 4.73. The van der Waals surface area contributed by atoms with E-state index < -0.39 is 0 Å². The van der Waals surface area contributed by atoms with Crippen molar-refractivity contribution in [1.82, 2.24) is 4.98 Å². The quantitative estimate of drug-likeness (QED) is 0.860. The maximum Gasteiger partial charge on any atom is 0.137 e. The number of carbonyl (C=O) groups excluding carboxylic acids is 1. The van der Waals surface area contributed by atoms with Gasteiger partial charge >= 0.3 is 0 Å². The summed E-state index contributed by atoms with van der Waals surface area (Å²) >= 11 is 5.92. The Hall–Kier alpha value is -0.930. The van der Waals surface area contributed by atoms with Gasteiger partial charge < -0.3 is 5.73 Å². The number of Topliss-reactive ketones (excluding diaryl/α,β-unsaturated/α-hetero) is 1. The van der Waals surface area contributed by atoms with Crippen LogP contribution < -0.4 is 5.73 Å². The standard InChI is InChI=1S/C12H17ClN2O/c1-12(2,14)5-3-10(16)7-9-4-6-15-8-11(9)13/h4,6,8H,3,5,7,14H2,1-2H3. The van der Waals surface area contributed by atoms with Crippen molar-refractivity contribution in [2.75, 3.05) is 0 Å². The minimum absolute atomic E-state index is 0.159. The van der Waals surface area contributed by atoms with Gasteiger partial charge in [-0.25, -0.2) is 0 Å². The Bertz CT molecular complexity index is 372. The summed E-state index contributed by atoms with van der Waals surface area (Å²) < 4.78 is 0. The second-order valence-corrected chi connectivity index (χ2v) is 5.08. The highest BCUT2D eigenvalue weighted by molar-refractivity contribution is 6.31. The highest BCUT2D eigenvalue weighted by Crippen LogP contribution is 2.16. The molecule has 4 heteroatoms. The van der Waals surface area contributed by atoms with Gasteiger partial charge in [-0.15, -0.1) is 0 Å². The Labute approximate surface area is 101 Å². The summed E-state index contributed by atoms with van der Waals surface area (Å²) in [5.74, 6) is 0.159. The fourth-order valence-electron chi connectivity index (χ4n) is 1.31. The predicted molar refractivity (Wildman–Crippen MR) is 65.5 cm³/mol. The first-order chi connectivity index (χ1) is 7.38. The molecule has 2 N–H and O–H groups in total. The van der Waals surface area contributed by atoms with E-state index in [2.05, 4.69) is 4.98 Å². The molecule has 1 aromatic heterocycles. The normalized spacial score (nSPS) is 11.5. The molecule has 0 amide bonds. The van der Waals surface area contributed by atoms with Gasteiger partial charge in [0.05, 0.1) is 5.02 Å². The molecular formula is C12H17ClN2O. The van der Waals surface area contributed by atoms with Crippen molar-refractivity contribution in [3.8, 4) is 0 Å². The maximum atomic E-state index is 11.7. The second kappa shape index (κ2) is 5.41. The zero-order valence-electron chi connectivity index (χ0n) is 9.66. The Morgan fingerprint density at radius 1 is 1.56 bits per heavy atom.